The first kappa shape index (κ1) is 37.9. The number of phenols is 9. The Kier molecular flexibility index (Phi) is 10.1. The third kappa shape index (κ3) is 7.49. The Bertz CT molecular complexity index is 2250. The molecule has 0 fully saturated rings. The molecule has 286 valence electrons. The number of hydrogen-bond acceptors (Lipinski definition) is 15. The van der Waals surface area contributed by atoms with Crippen molar-refractivity contribution in [2.75, 3.05) is 0 Å². The van der Waals surface area contributed by atoms with Crippen LogP contribution in [0.3, 0.4) is 0 Å². The highest BCUT2D eigenvalue weighted by Gasteiger charge is 2.37. The molecule has 1 aliphatic rings. The molecule has 1 unspecified atom stereocenters. The van der Waals surface area contributed by atoms with Crippen molar-refractivity contribution in [2.45, 2.75) is 18.8 Å². The lowest BCUT2D eigenvalue weighted by Gasteiger charge is -2.38. The molecule has 15 nitrogen and oxygen atoms in total. The number of rotatable bonds is 9. The van der Waals surface area contributed by atoms with Crippen molar-refractivity contribution in [3.05, 3.63) is 137 Å². The van der Waals surface area contributed by atoms with E-state index in [9.17, 15) is 60.3 Å². The lowest BCUT2D eigenvalue weighted by atomic mass is 9.65. The smallest absolute Gasteiger partial charge is 0.343 e. The fraction of sp³-hybridized carbons (Fsp3) is 0.0976. The number of esters is 3. The first-order valence-electron chi connectivity index (χ1n) is 16.6. The van der Waals surface area contributed by atoms with Gasteiger partial charge in [0.2, 0.25) is 0 Å². The molecular formula is C41H32O15. The van der Waals surface area contributed by atoms with E-state index in [0.717, 1.165) is 47.5 Å². The first-order valence-corrected chi connectivity index (χ1v) is 16.6. The molecule has 1 atom stereocenters. The minimum atomic E-state index is -0.922. The summed E-state index contributed by atoms with van der Waals surface area (Å²) in [6.45, 7) is 1.93. The zero-order chi connectivity index (χ0) is 40.5. The number of allylic oxidation sites excluding steroid dienone is 3. The van der Waals surface area contributed by atoms with Crippen LogP contribution < -0.4 is 9.47 Å². The standard InChI is InChI=1S/C41H32O15/c1-41(23-2-8-26(9-3-23)54-38(51)20-14-29(42)35(48)30(43)15-20,24-4-10-27(11-5-24)55-39(52)21-16-31(44)36(49)32(45)17-21)25-6-12-28(13-7-25)56-40(53)22-18-33(46)37(50)34(47)19-22/h2-6,8-19,25,42-50H,7H2,1H3. The van der Waals surface area contributed by atoms with E-state index in [2.05, 4.69) is 0 Å². The highest BCUT2D eigenvalue weighted by molar-refractivity contribution is 5.93. The molecule has 0 saturated heterocycles. The van der Waals surface area contributed by atoms with E-state index in [4.69, 9.17) is 14.2 Å². The Morgan fingerprint density at radius 3 is 1.14 bits per heavy atom. The van der Waals surface area contributed by atoms with Crippen LogP contribution in [0.15, 0.2) is 109 Å². The third-order valence-electron chi connectivity index (χ3n) is 9.26. The topological polar surface area (TPSA) is 261 Å². The zero-order valence-electron chi connectivity index (χ0n) is 29.1. The number of aromatic hydroxyl groups is 9. The van der Waals surface area contributed by atoms with Crippen LogP contribution in [-0.4, -0.2) is 63.9 Å². The highest BCUT2D eigenvalue weighted by Crippen LogP contribution is 2.45. The summed E-state index contributed by atoms with van der Waals surface area (Å²) in [5, 5.41) is 87.7. The van der Waals surface area contributed by atoms with Gasteiger partial charge in [0.15, 0.2) is 51.7 Å². The molecule has 0 aromatic heterocycles. The summed E-state index contributed by atoms with van der Waals surface area (Å²) in [6.07, 6.45) is 5.36. The Morgan fingerprint density at radius 1 is 0.518 bits per heavy atom. The maximum Gasteiger partial charge on any atom is 0.343 e. The maximum absolute atomic E-state index is 12.8. The van der Waals surface area contributed by atoms with Crippen LogP contribution in [0.2, 0.25) is 0 Å². The molecule has 0 spiro atoms. The summed E-state index contributed by atoms with van der Waals surface area (Å²) in [6, 6.07) is 18.6. The second kappa shape index (κ2) is 14.9. The first-order chi connectivity index (χ1) is 26.5. The Hall–Kier alpha value is -7.81. The number of carbonyl (C=O) groups is 3. The van der Waals surface area contributed by atoms with Crippen molar-refractivity contribution in [3.8, 4) is 63.2 Å². The Balaban J connectivity index is 1.27. The van der Waals surface area contributed by atoms with Crippen molar-refractivity contribution in [1.29, 1.82) is 0 Å². The molecule has 15 heteroatoms. The molecular weight excluding hydrogens is 732 g/mol. The number of ether oxygens (including phenoxy) is 3. The van der Waals surface area contributed by atoms with Crippen molar-refractivity contribution < 1.29 is 74.6 Å². The molecule has 0 amide bonds. The number of hydrogen-bond donors (Lipinski definition) is 9. The van der Waals surface area contributed by atoms with Gasteiger partial charge in [0, 0.05) is 5.41 Å². The van der Waals surface area contributed by atoms with E-state index in [0.29, 0.717) is 6.42 Å². The molecule has 1 aliphatic carbocycles. The van der Waals surface area contributed by atoms with Gasteiger partial charge in [-0.15, -0.1) is 0 Å². The van der Waals surface area contributed by atoms with E-state index in [1.807, 2.05) is 13.0 Å². The monoisotopic (exact) mass is 764 g/mol. The van der Waals surface area contributed by atoms with Crippen molar-refractivity contribution in [2.24, 2.45) is 5.92 Å². The summed E-state index contributed by atoms with van der Waals surface area (Å²) in [5.74, 6) is -9.30. The van der Waals surface area contributed by atoms with Crippen LogP contribution >= 0.6 is 0 Å². The molecule has 0 aliphatic heterocycles. The predicted molar refractivity (Wildman–Crippen MR) is 194 cm³/mol. The molecule has 0 saturated carbocycles. The predicted octanol–water partition coefficient (Wildman–Crippen LogP) is 6.10. The lowest BCUT2D eigenvalue weighted by Crippen LogP contribution is -2.33. The van der Waals surface area contributed by atoms with Gasteiger partial charge >= 0.3 is 17.9 Å². The minimum absolute atomic E-state index is 0.112. The largest absolute Gasteiger partial charge is 0.504 e. The van der Waals surface area contributed by atoms with E-state index in [1.54, 1.807) is 36.4 Å². The molecule has 5 aromatic rings. The molecule has 6 rings (SSSR count). The SMILES string of the molecule is CC(c1ccc(OC(=O)c2cc(O)c(O)c(O)c2)cc1)(c1ccc(OC(=O)c2cc(O)c(O)c(O)c2)cc1)C1C=CC(OC(=O)c2cc(O)c(O)c(O)c2)=CC1. The third-order valence-corrected chi connectivity index (χ3v) is 9.26. The zero-order valence-corrected chi connectivity index (χ0v) is 29.1. The Morgan fingerprint density at radius 2 is 0.839 bits per heavy atom. The van der Waals surface area contributed by atoms with Gasteiger partial charge in [-0.25, -0.2) is 14.4 Å². The molecule has 0 bridgehead atoms. The van der Waals surface area contributed by atoms with Gasteiger partial charge in [-0.3, -0.25) is 0 Å². The molecule has 56 heavy (non-hydrogen) atoms. The number of carbonyl (C=O) groups excluding carboxylic acids is 3. The summed E-state index contributed by atoms with van der Waals surface area (Å²) in [5.41, 5.74) is -0.0855. The van der Waals surface area contributed by atoms with E-state index >= 15 is 0 Å². The minimum Gasteiger partial charge on any atom is -0.504 e. The van der Waals surface area contributed by atoms with Crippen LogP contribution in [0.5, 0.6) is 63.2 Å². The van der Waals surface area contributed by atoms with Gasteiger partial charge in [-0.2, -0.15) is 0 Å². The van der Waals surface area contributed by atoms with Gasteiger partial charge < -0.3 is 60.2 Å². The molecule has 0 radical (unpaired) electrons. The molecule has 9 N–H and O–H groups in total. The van der Waals surface area contributed by atoms with Crippen LogP contribution in [0, 0.1) is 5.92 Å². The van der Waals surface area contributed by atoms with Crippen molar-refractivity contribution in [1.82, 2.24) is 0 Å². The second-order valence-corrected chi connectivity index (χ2v) is 12.8. The fourth-order valence-corrected chi connectivity index (χ4v) is 6.10. The van der Waals surface area contributed by atoms with Crippen LogP contribution in [0.25, 0.3) is 0 Å². The summed E-state index contributed by atoms with van der Waals surface area (Å²) in [4.78, 5) is 38.4. The maximum atomic E-state index is 12.8. The lowest BCUT2D eigenvalue weighted by molar-refractivity contribution is 0.0631. The second-order valence-electron chi connectivity index (χ2n) is 12.8. The normalized spacial score (nSPS) is 13.7. The van der Waals surface area contributed by atoms with Gasteiger partial charge in [0.05, 0.1) is 16.7 Å². The summed E-state index contributed by atoms with van der Waals surface area (Å²) in [7, 11) is 0. The molecule has 0 heterocycles. The van der Waals surface area contributed by atoms with E-state index in [1.165, 1.54) is 24.3 Å². The molecule has 5 aromatic carbocycles. The Labute approximate surface area is 316 Å². The van der Waals surface area contributed by atoms with E-state index in [-0.39, 0.29) is 39.9 Å². The number of benzene rings is 5. The van der Waals surface area contributed by atoms with Crippen LogP contribution in [0.4, 0.5) is 0 Å². The highest BCUT2D eigenvalue weighted by atomic mass is 16.5. The van der Waals surface area contributed by atoms with Crippen molar-refractivity contribution in [3.63, 3.8) is 0 Å². The van der Waals surface area contributed by atoms with Gasteiger partial charge in [-0.05, 0) is 96.3 Å². The summed E-state index contributed by atoms with van der Waals surface area (Å²) < 4.78 is 16.3. The van der Waals surface area contributed by atoms with Gasteiger partial charge in [0.1, 0.15) is 17.3 Å². The van der Waals surface area contributed by atoms with Crippen molar-refractivity contribution >= 4 is 17.9 Å². The van der Waals surface area contributed by atoms with E-state index < -0.39 is 75.1 Å². The fourth-order valence-electron chi connectivity index (χ4n) is 6.10. The number of phenolic OH excluding ortho intramolecular Hbond substituents is 9. The average Bonchev–Trinajstić information content (AvgIpc) is 3.18. The average molecular weight is 765 g/mol. The van der Waals surface area contributed by atoms with Crippen LogP contribution in [0.1, 0.15) is 55.5 Å². The van der Waals surface area contributed by atoms with Gasteiger partial charge in [0.25, 0.3) is 0 Å². The summed E-state index contributed by atoms with van der Waals surface area (Å²) >= 11 is 0. The quantitative estimate of drug-likeness (QED) is 0.0467. The van der Waals surface area contributed by atoms with Crippen LogP contribution in [-0.2, 0) is 10.2 Å². The van der Waals surface area contributed by atoms with Gasteiger partial charge in [-0.1, -0.05) is 37.3 Å².